The lowest BCUT2D eigenvalue weighted by atomic mass is 10.0. The highest BCUT2D eigenvalue weighted by Gasteiger charge is 2.36. The van der Waals surface area contributed by atoms with Gasteiger partial charge < -0.3 is 10.1 Å². The molecule has 1 unspecified atom stereocenters. The van der Waals surface area contributed by atoms with Crippen LogP contribution in [0.15, 0.2) is 35.1 Å². The van der Waals surface area contributed by atoms with E-state index < -0.39 is 34.7 Å². The maximum atomic E-state index is 14.4. The molecule has 31 heavy (non-hydrogen) atoms. The Morgan fingerprint density at radius 3 is 2.65 bits per heavy atom. The van der Waals surface area contributed by atoms with Gasteiger partial charge in [-0.25, -0.2) is 9.37 Å². The van der Waals surface area contributed by atoms with Crippen molar-refractivity contribution in [2.45, 2.75) is 25.1 Å². The van der Waals surface area contributed by atoms with Crippen molar-refractivity contribution >= 4 is 10.9 Å². The SMILES string of the molecule is COc1ccc(-n2c(C3CCCN3)nc3c(C(F)(F)F)cc(C#N)cc3c2=O)cc1F. The number of halogens is 4. The fraction of sp³-hybridized carbons (Fsp3) is 0.286. The Labute approximate surface area is 173 Å². The first-order valence-electron chi connectivity index (χ1n) is 9.40. The quantitative estimate of drug-likeness (QED) is 0.636. The van der Waals surface area contributed by atoms with Crippen LogP contribution in [0.2, 0.25) is 0 Å². The zero-order chi connectivity index (χ0) is 22.3. The molecule has 1 atom stereocenters. The number of aromatic nitrogens is 2. The topological polar surface area (TPSA) is 79.9 Å². The lowest BCUT2D eigenvalue weighted by Gasteiger charge is -2.20. The predicted octanol–water partition coefficient (Wildman–Crippen LogP) is 3.85. The summed E-state index contributed by atoms with van der Waals surface area (Å²) in [5, 5.41) is 11.9. The van der Waals surface area contributed by atoms with E-state index in [1.54, 1.807) is 6.07 Å². The van der Waals surface area contributed by atoms with Gasteiger partial charge in [0.25, 0.3) is 5.56 Å². The highest BCUT2D eigenvalue weighted by Crippen LogP contribution is 2.35. The van der Waals surface area contributed by atoms with E-state index in [2.05, 4.69) is 10.3 Å². The first kappa shape index (κ1) is 20.8. The van der Waals surface area contributed by atoms with Crippen LogP contribution in [-0.2, 0) is 6.18 Å². The van der Waals surface area contributed by atoms with E-state index in [9.17, 15) is 22.4 Å². The Morgan fingerprint density at radius 1 is 1.29 bits per heavy atom. The second-order valence-electron chi connectivity index (χ2n) is 7.11. The summed E-state index contributed by atoms with van der Waals surface area (Å²) < 4.78 is 61.4. The number of nitrogens with one attached hydrogen (secondary N) is 1. The Bertz CT molecular complexity index is 1270. The van der Waals surface area contributed by atoms with Crippen molar-refractivity contribution in [1.82, 2.24) is 14.9 Å². The zero-order valence-electron chi connectivity index (χ0n) is 16.3. The fourth-order valence-corrected chi connectivity index (χ4v) is 3.77. The van der Waals surface area contributed by atoms with Crippen molar-refractivity contribution in [2.24, 2.45) is 0 Å². The van der Waals surface area contributed by atoms with Gasteiger partial charge in [0, 0.05) is 6.07 Å². The Balaban J connectivity index is 2.11. The molecule has 0 spiro atoms. The van der Waals surface area contributed by atoms with Crippen molar-refractivity contribution in [1.29, 1.82) is 5.26 Å². The van der Waals surface area contributed by atoms with Crippen molar-refractivity contribution in [3.63, 3.8) is 0 Å². The standard InChI is InChI=1S/C21H16F4N4O2/c1-31-17-5-4-12(9-15(17)22)29-19(16-3-2-6-27-16)28-18-13(20(29)30)7-11(10-26)8-14(18)21(23,24)25/h4-5,7-9,16,27H,2-3,6H2,1H3. The first-order chi connectivity index (χ1) is 14.7. The van der Waals surface area contributed by atoms with E-state index in [1.807, 2.05) is 0 Å². The summed E-state index contributed by atoms with van der Waals surface area (Å²) in [6.45, 7) is 0.606. The Kier molecular flexibility index (Phi) is 5.15. The largest absolute Gasteiger partial charge is 0.494 e. The van der Waals surface area contributed by atoms with Crippen LogP contribution in [0.3, 0.4) is 0 Å². The number of hydrogen-bond donors (Lipinski definition) is 1. The third kappa shape index (κ3) is 3.61. The molecule has 0 saturated carbocycles. The third-order valence-electron chi connectivity index (χ3n) is 5.20. The van der Waals surface area contributed by atoms with Gasteiger partial charge in [-0.15, -0.1) is 0 Å². The van der Waals surface area contributed by atoms with Crippen LogP contribution in [0.5, 0.6) is 5.75 Å². The van der Waals surface area contributed by atoms with Crippen molar-refractivity contribution < 1.29 is 22.3 Å². The highest BCUT2D eigenvalue weighted by molar-refractivity contribution is 5.83. The van der Waals surface area contributed by atoms with Gasteiger partial charge >= 0.3 is 6.18 Å². The number of nitrogens with zero attached hydrogens (tertiary/aromatic N) is 3. The van der Waals surface area contributed by atoms with E-state index in [-0.39, 0.29) is 28.2 Å². The monoisotopic (exact) mass is 432 g/mol. The highest BCUT2D eigenvalue weighted by atomic mass is 19.4. The molecule has 0 amide bonds. The zero-order valence-corrected chi connectivity index (χ0v) is 16.3. The average Bonchev–Trinajstić information content (AvgIpc) is 3.27. The molecule has 3 aromatic rings. The number of methoxy groups -OCH3 is 1. The second-order valence-corrected chi connectivity index (χ2v) is 7.11. The molecule has 0 aliphatic carbocycles. The van der Waals surface area contributed by atoms with Crippen LogP contribution < -0.4 is 15.6 Å². The number of ether oxygens (including phenoxy) is 1. The number of rotatable bonds is 3. The normalized spacial score (nSPS) is 16.5. The van der Waals surface area contributed by atoms with Gasteiger partial charge in [0.15, 0.2) is 11.6 Å². The van der Waals surface area contributed by atoms with Crippen molar-refractivity contribution in [3.8, 4) is 17.5 Å². The van der Waals surface area contributed by atoms with Gasteiger partial charge in [-0.2, -0.15) is 18.4 Å². The summed E-state index contributed by atoms with van der Waals surface area (Å²) in [7, 11) is 1.29. The Morgan fingerprint density at radius 2 is 2.06 bits per heavy atom. The molecule has 2 heterocycles. The fourth-order valence-electron chi connectivity index (χ4n) is 3.77. The third-order valence-corrected chi connectivity index (χ3v) is 5.20. The molecule has 10 heteroatoms. The summed E-state index contributed by atoms with van der Waals surface area (Å²) in [6, 6.07) is 6.71. The molecule has 1 N–H and O–H groups in total. The molecule has 1 fully saturated rings. The summed E-state index contributed by atoms with van der Waals surface area (Å²) in [5.74, 6) is -0.730. The second kappa shape index (κ2) is 7.67. The van der Waals surface area contributed by atoms with E-state index in [1.165, 1.54) is 19.2 Å². The van der Waals surface area contributed by atoms with Crippen LogP contribution in [0, 0.1) is 17.1 Å². The minimum Gasteiger partial charge on any atom is -0.494 e. The van der Waals surface area contributed by atoms with E-state index in [4.69, 9.17) is 10.00 Å². The summed E-state index contributed by atoms with van der Waals surface area (Å²) in [4.78, 5) is 17.6. The van der Waals surface area contributed by atoms with E-state index in [0.29, 0.717) is 19.0 Å². The molecule has 2 aromatic carbocycles. The maximum Gasteiger partial charge on any atom is 0.418 e. The summed E-state index contributed by atoms with van der Waals surface area (Å²) in [6.07, 6.45) is -3.52. The lowest BCUT2D eigenvalue weighted by molar-refractivity contribution is -0.136. The van der Waals surface area contributed by atoms with Gasteiger partial charge in [0.1, 0.15) is 5.82 Å². The lowest BCUT2D eigenvalue weighted by Crippen LogP contribution is -2.29. The number of alkyl halides is 3. The summed E-state index contributed by atoms with van der Waals surface area (Å²) in [5.41, 5.74) is -2.74. The molecule has 1 aliphatic rings. The molecular formula is C21H16F4N4O2. The van der Waals surface area contributed by atoms with Gasteiger partial charge in [0.05, 0.1) is 46.9 Å². The van der Waals surface area contributed by atoms with Crippen LogP contribution in [0.25, 0.3) is 16.6 Å². The molecule has 1 saturated heterocycles. The van der Waals surface area contributed by atoms with E-state index in [0.717, 1.165) is 23.1 Å². The van der Waals surface area contributed by atoms with Crippen molar-refractivity contribution in [3.05, 3.63) is 63.5 Å². The molecule has 160 valence electrons. The summed E-state index contributed by atoms with van der Waals surface area (Å²) >= 11 is 0. The van der Waals surface area contributed by atoms with E-state index >= 15 is 0 Å². The van der Waals surface area contributed by atoms with Gasteiger partial charge in [-0.1, -0.05) is 0 Å². The van der Waals surface area contributed by atoms with Gasteiger partial charge in [0.2, 0.25) is 0 Å². The molecule has 6 nitrogen and oxygen atoms in total. The smallest absolute Gasteiger partial charge is 0.418 e. The molecule has 1 aliphatic heterocycles. The van der Waals surface area contributed by atoms with Gasteiger partial charge in [-0.05, 0) is 43.7 Å². The molecule has 0 radical (unpaired) electrons. The van der Waals surface area contributed by atoms with Crippen LogP contribution >= 0.6 is 0 Å². The van der Waals surface area contributed by atoms with Crippen molar-refractivity contribution in [2.75, 3.05) is 13.7 Å². The maximum absolute atomic E-state index is 14.4. The first-order valence-corrected chi connectivity index (χ1v) is 9.40. The number of benzene rings is 2. The van der Waals surface area contributed by atoms with Gasteiger partial charge in [-0.3, -0.25) is 9.36 Å². The van der Waals surface area contributed by atoms with Crippen LogP contribution in [0.4, 0.5) is 17.6 Å². The number of nitriles is 1. The number of fused-ring (bicyclic) bond motifs is 1. The predicted molar refractivity (Wildman–Crippen MR) is 104 cm³/mol. The minimum atomic E-state index is -4.82. The average molecular weight is 432 g/mol. The molecule has 4 rings (SSSR count). The van der Waals surface area contributed by atoms with Crippen LogP contribution in [-0.4, -0.2) is 23.2 Å². The Hall–Kier alpha value is -3.45. The number of hydrogen-bond acceptors (Lipinski definition) is 5. The van der Waals surface area contributed by atoms with Crippen LogP contribution in [0.1, 0.15) is 35.8 Å². The molecular weight excluding hydrogens is 416 g/mol. The molecule has 0 bridgehead atoms. The minimum absolute atomic E-state index is 0.0442. The molecule has 1 aromatic heterocycles.